The monoisotopic (exact) mass is 289 g/mol. The molecule has 1 saturated heterocycles. The number of likely N-dealkylation sites (tertiary alicyclic amines) is 1. The maximum Gasteiger partial charge on any atom is 0.307 e. The van der Waals surface area contributed by atoms with Crippen molar-refractivity contribution in [2.24, 2.45) is 11.3 Å². The SMILES string of the molecule is Cc1ccc(C(=O)N2CCC3(CC2)CC3C(=O)O)c(O)c1. The summed E-state index contributed by atoms with van der Waals surface area (Å²) >= 11 is 0. The van der Waals surface area contributed by atoms with Gasteiger partial charge >= 0.3 is 5.97 Å². The van der Waals surface area contributed by atoms with Crippen LogP contribution in [-0.4, -0.2) is 40.1 Å². The molecule has 21 heavy (non-hydrogen) atoms. The van der Waals surface area contributed by atoms with Gasteiger partial charge < -0.3 is 15.1 Å². The molecule has 1 amide bonds. The normalized spacial score (nSPS) is 23.1. The van der Waals surface area contributed by atoms with Crippen molar-refractivity contribution in [3.8, 4) is 5.75 Å². The number of carboxylic acids is 1. The molecule has 1 aromatic rings. The molecule has 2 fully saturated rings. The Morgan fingerprint density at radius 1 is 1.29 bits per heavy atom. The van der Waals surface area contributed by atoms with Crippen LogP contribution in [0, 0.1) is 18.3 Å². The fraction of sp³-hybridized carbons (Fsp3) is 0.500. The van der Waals surface area contributed by atoms with Crippen LogP contribution in [0.25, 0.3) is 0 Å². The number of hydrogen-bond donors (Lipinski definition) is 2. The van der Waals surface area contributed by atoms with E-state index >= 15 is 0 Å². The maximum absolute atomic E-state index is 12.4. The van der Waals surface area contributed by atoms with Crippen LogP contribution in [0.5, 0.6) is 5.75 Å². The molecule has 1 saturated carbocycles. The second-order valence-corrected chi connectivity index (χ2v) is 6.27. The molecular formula is C16H19NO4. The number of carbonyl (C=O) groups is 2. The van der Waals surface area contributed by atoms with Gasteiger partial charge in [0.15, 0.2) is 0 Å². The number of carbonyl (C=O) groups excluding carboxylic acids is 1. The lowest BCUT2D eigenvalue weighted by atomic mass is 9.90. The topological polar surface area (TPSA) is 77.8 Å². The van der Waals surface area contributed by atoms with Crippen LogP contribution in [-0.2, 0) is 4.79 Å². The molecule has 1 aromatic carbocycles. The average Bonchev–Trinajstić information content (AvgIpc) is 3.13. The number of aliphatic carboxylic acids is 1. The minimum absolute atomic E-state index is 0.00937. The Balaban J connectivity index is 1.67. The molecule has 2 aliphatic rings. The molecule has 1 spiro atoms. The smallest absolute Gasteiger partial charge is 0.307 e. The number of carboxylic acid groups (broad SMARTS) is 1. The van der Waals surface area contributed by atoms with Crippen LogP contribution in [0.15, 0.2) is 18.2 Å². The number of hydrogen-bond acceptors (Lipinski definition) is 3. The van der Waals surface area contributed by atoms with E-state index in [1.807, 2.05) is 6.92 Å². The van der Waals surface area contributed by atoms with E-state index in [2.05, 4.69) is 0 Å². The zero-order valence-electron chi connectivity index (χ0n) is 12.0. The third-order valence-corrected chi connectivity index (χ3v) is 4.92. The summed E-state index contributed by atoms with van der Waals surface area (Å²) in [4.78, 5) is 25.2. The van der Waals surface area contributed by atoms with Gasteiger partial charge in [-0.2, -0.15) is 0 Å². The van der Waals surface area contributed by atoms with Crippen molar-refractivity contribution in [1.82, 2.24) is 4.90 Å². The van der Waals surface area contributed by atoms with Crippen molar-refractivity contribution in [2.75, 3.05) is 13.1 Å². The standard InChI is InChI=1S/C16H19NO4/c1-10-2-3-11(13(18)8-10)14(19)17-6-4-16(5-7-17)9-12(16)15(20)21/h2-3,8,12,18H,4-7,9H2,1H3,(H,20,21). The second-order valence-electron chi connectivity index (χ2n) is 6.27. The maximum atomic E-state index is 12.4. The number of aryl methyl sites for hydroxylation is 1. The van der Waals surface area contributed by atoms with Crippen LogP contribution in [0.1, 0.15) is 35.2 Å². The van der Waals surface area contributed by atoms with E-state index in [1.165, 1.54) is 0 Å². The van der Waals surface area contributed by atoms with Crippen LogP contribution in [0.4, 0.5) is 0 Å². The van der Waals surface area contributed by atoms with Gasteiger partial charge in [-0.3, -0.25) is 9.59 Å². The lowest BCUT2D eigenvalue weighted by Gasteiger charge is -2.32. The molecule has 5 heteroatoms. The van der Waals surface area contributed by atoms with Gasteiger partial charge in [0.1, 0.15) is 5.75 Å². The van der Waals surface area contributed by atoms with Gasteiger partial charge in [0.2, 0.25) is 0 Å². The summed E-state index contributed by atoms with van der Waals surface area (Å²) in [6, 6.07) is 5.04. The van der Waals surface area contributed by atoms with Crippen LogP contribution < -0.4 is 0 Å². The number of phenols is 1. The molecule has 1 aliphatic carbocycles. The Hall–Kier alpha value is -2.04. The van der Waals surface area contributed by atoms with Crippen molar-refractivity contribution in [2.45, 2.75) is 26.2 Å². The van der Waals surface area contributed by atoms with Crippen molar-refractivity contribution >= 4 is 11.9 Å². The zero-order valence-corrected chi connectivity index (χ0v) is 12.0. The van der Waals surface area contributed by atoms with E-state index in [9.17, 15) is 14.7 Å². The summed E-state index contributed by atoms with van der Waals surface area (Å²) in [6.45, 7) is 2.99. The molecule has 2 N–H and O–H groups in total. The molecule has 0 aromatic heterocycles. The van der Waals surface area contributed by atoms with E-state index in [-0.39, 0.29) is 23.0 Å². The van der Waals surface area contributed by atoms with E-state index in [0.717, 1.165) is 24.8 Å². The predicted molar refractivity (Wildman–Crippen MR) is 76.2 cm³/mol. The Morgan fingerprint density at radius 2 is 1.95 bits per heavy atom. The zero-order chi connectivity index (χ0) is 15.2. The van der Waals surface area contributed by atoms with Gasteiger partial charge in [-0.05, 0) is 49.3 Å². The summed E-state index contributed by atoms with van der Waals surface area (Å²) in [7, 11) is 0. The number of piperidine rings is 1. The summed E-state index contributed by atoms with van der Waals surface area (Å²) < 4.78 is 0. The number of nitrogens with zero attached hydrogens (tertiary/aromatic N) is 1. The molecule has 0 radical (unpaired) electrons. The highest BCUT2D eigenvalue weighted by Crippen LogP contribution is 2.59. The highest BCUT2D eigenvalue weighted by atomic mass is 16.4. The largest absolute Gasteiger partial charge is 0.507 e. The molecule has 112 valence electrons. The van der Waals surface area contributed by atoms with Gasteiger partial charge in [0.25, 0.3) is 5.91 Å². The molecule has 1 heterocycles. The van der Waals surface area contributed by atoms with E-state index in [1.54, 1.807) is 23.1 Å². The van der Waals surface area contributed by atoms with Gasteiger partial charge in [-0.1, -0.05) is 6.07 Å². The quantitative estimate of drug-likeness (QED) is 0.873. The first-order valence-corrected chi connectivity index (χ1v) is 7.25. The molecule has 0 bridgehead atoms. The van der Waals surface area contributed by atoms with Crippen molar-refractivity contribution in [1.29, 1.82) is 0 Å². The van der Waals surface area contributed by atoms with E-state index < -0.39 is 5.97 Å². The van der Waals surface area contributed by atoms with Gasteiger partial charge in [-0.15, -0.1) is 0 Å². The number of benzene rings is 1. The van der Waals surface area contributed by atoms with E-state index in [0.29, 0.717) is 18.7 Å². The Bertz CT molecular complexity index is 602. The third-order valence-electron chi connectivity index (χ3n) is 4.92. The summed E-state index contributed by atoms with van der Waals surface area (Å²) in [5, 5.41) is 19.0. The summed E-state index contributed by atoms with van der Waals surface area (Å²) in [5.41, 5.74) is 1.14. The molecule has 1 atom stereocenters. The Morgan fingerprint density at radius 3 is 2.48 bits per heavy atom. The molecule has 3 rings (SSSR count). The Kier molecular flexibility index (Phi) is 3.15. The van der Waals surface area contributed by atoms with Crippen molar-refractivity contribution in [3.63, 3.8) is 0 Å². The summed E-state index contributed by atoms with van der Waals surface area (Å²) in [5.74, 6) is -1.11. The lowest BCUT2D eigenvalue weighted by molar-refractivity contribution is -0.139. The first-order valence-electron chi connectivity index (χ1n) is 7.25. The number of phenolic OH excluding ortho intramolecular Hbond substituents is 1. The number of amides is 1. The highest BCUT2D eigenvalue weighted by molar-refractivity contribution is 5.97. The van der Waals surface area contributed by atoms with Crippen molar-refractivity contribution < 1.29 is 19.8 Å². The van der Waals surface area contributed by atoms with Crippen LogP contribution in [0.3, 0.4) is 0 Å². The molecule has 1 aliphatic heterocycles. The lowest BCUT2D eigenvalue weighted by Crippen LogP contribution is -2.40. The van der Waals surface area contributed by atoms with Crippen molar-refractivity contribution in [3.05, 3.63) is 29.3 Å². The number of aromatic hydroxyl groups is 1. The minimum Gasteiger partial charge on any atom is -0.507 e. The average molecular weight is 289 g/mol. The number of rotatable bonds is 2. The van der Waals surface area contributed by atoms with Gasteiger partial charge in [0.05, 0.1) is 11.5 Å². The van der Waals surface area contributed by atoms with Crippen LogP contribution in [0.2, 0.25) is 0 Å². The van der Waals surface area contributed by atoms with Crippen LogP contribution >= 0.6 is 0 Å². The first kappa shape index (κ1) is 13.9. The minimum atomic E-state index is -0.717. The molecule has 5 nitrogen and oxygen atoms in total. The van der Waals surface area contributed by atoms with Gasteiger partial charge in [0, 0.05) is 13.1 Å². The Labute approximate surface area is 123 Å². The molecular weight excluding hydrogens is 270 g/mol. The highest BCUT2D eigenvalue weighted by Gasteiger charge is 2.59. The fourth-order valence-corrected chi connectivity index (χ4v) is 3.40. The molecule has 1 unspecified atom stereocenters. The summed E-state index contributed by atoms with van der Waals surface area (Å²) in [6.07, 6.45) is 2.21. The second kappa shape index (κ2) is 4.76. The van der Waals surface area contributed by atoms with Gasteiger partial charge in [-0.25, -0.2) is 0 Å². The predicted octanol–water partition coefficient (Wildman–Crippen LogP) is 2.03. The van der Waals surface area contributed by atoms with E-state index in [4.69, 9.17) is 5.11 Å². The first-order chi connectivity index (χ1) is 9.93. The third kappa shape index (κ3) is 2.37. The fourth-order valence-electron chi connectivity index (χ4n) is 3.40.